The molecule has 0 amide bonds. The van der Waals surface area contributed by atoms with Crippen molar-refractivity contribution in [2.75, 3.05) is 11.5 Å². The normalized spacial score (nSPS) is 10.8. The summed E-state index contributed by atoms with van der Waals surface area (Å²) in [5, 5.41) is 2.32. The number of hydrogen-bond acceptors (Lipinski definition) is 2. The Kier molecular flexibility index (Phi) is 12.1. The molecule has 0 aliphatic carbocycles. The molecule has 0 atom stereocenters. The highest BCUT2D eigenvalue weighted by Gasteiger charge is 2.15. The molecule has 0 saturated carbocycles. The standard InChI is InChI=1S/C30H38N4.2BrH/c1-23-21-27(31)25-15-9-11-17-29(25)33(23)19-13-7-5-3-4-6-8-14-20-34-24(2)22-28(32)26-16-10-12-18-30(26)34;;/h9-12,15-18,21-22,31-32H,3-8,13-14,19-20H2,1-2H3;2*1H. The smallest absolute Gasteiger partial charge is 0.214 e. The number of nitrogens with two attached hydrogens (primary N) is 2. The van der Waals surface area contributed by atoms with Gasteiger partial charge in [0.2, 0.25) is 11.0 Å². The van der Waals surface area contributed by atoms with Crippen LogP contribution >= 0.6 is 0 Å². The van der Waals surface area contributed by atoms with Gasteiger partial charge in [-0.2, -0.15) is 9.13 Å². The summed E-state index contributed by atoms with van der Waals surface area (Å²) < 4.78 is 4.85. The Balaban J connectivity index is 0.00000228. The second kappa shape index (κ2) is 14.5. The summed E-state index contributed by atoms with van der Waals surface area (Å²) in [4.78, 5) is 0. The van der Waals surface area contributed by atoms with Crippen molar-refractivity contribution >= 4 is 33.2 Å². The van der Waals surface area contributed by atoms with Gasteiger partial charge in [0.05, 0.1) is 22.1 Å². The Morgan fingerprint density at radius 2 is 0.861 bits per heavy atom. The summed E-state index contributed by atoms with van der Waals surface area (Å²) in [6, 6.07) is 21.2. The molecule has 2 aromatic carbocycles. The lowest BCUT2D eigenvalue weighted by atomic mass is 10.1. The largest absolute Gasteiger partial charge is 1.00 e. The molecule has 0 radical (unpaired) electrons. The van der Waals surface area contributed by atoms with Crippen LogP contribution in [0.2, 0.25) is 0 Å². The number of para-hydroxylation sites is 2. The van der Waals surface area contributed by atoms with Crippen LogP contribution < -0.4 is 54.6 Å². The van der Waals surface area contributed by atoms with Crippen LogP contribution in [0.4, 0.5) is 11.4 Å². The molecule has 0 aliphatic heterocycles. The van der Waals surface area contributed by atoms with Crippen molar-refractivity contribution in [3.8, 4) is 0 Å². The molecule has 2 heterocycles. The Hall–Kier alpha value is -2.18. The zero-order valence-corrected chi connectivity index (χ0v) is 24.8. The molecule has 4 aromatic rings. The Labute approximate surface area is 237 Å². The van der Waals surface area contributed by atoms with E-state index < -0.39 is 0 Å². The zero-order valence-electron chi connectivity index (χ0n) is 21.6. The van der Waals surface area contributed by atoms with E-state index in [1.165, 1.54) is 73.8 Å². The van der Waals surface area contributed by atoms with E-state index in [1.54, 1.807) is 0 Å². The average molecular weight is 616 g/mol. The van der Waals surface area contributed by atoms with E-state index in [-0.39, 0.29) is 34.0 Å². The van der Waals surface area contributed by atoms with Gasteiger partial charge >= 0.3 is 0 Å². The van der Waals surface area contributed by atoms with Crippen LogP contribution in [0.5, 0.6) is 0 Å². The van der Waals surface area contributed by atoms with Crippen molar-refractivity contribution in [1.29, 1.82) is 0 Å². The van der Waals surface area contributed by atoms with Crippen LogP contribution in [-0.2, 0) is 13.1 Å². The Bertz CT molecular complexity index is 1170. The molecule has 4 rings (SSSR count). The third-order valence-electron chi connectivity index (χ3n) is 7.11. The van der Waals surface area contributed by atoms with E-state index in [0.29, 0.717) is 0 Å². The van der Waals surface area contributed by atoms with E-state index in [0.717, 1.165) is 35.2 Å². The van der Waals surface area contributed by atoms with E-state index >= 15 is 0 Å². The fraction of sp³-hybridized carbons (Fsp3) is 0.400. The summed E-state index contributed by atoms with van der Waals surface area (Å²) >= 11 is 0. The number of aromatic nitrogens is 2. The molecule has 6 heteroatoms. The third-order valence-corrected chi connectivity index (χ3v) is 7.11. The Morgan fingerprint density at radius 3 is 1.25 bits per heavy atom. The minimum atomic E-state index is 0. The highest BCUT2D eigenvalue weighted by molar-refractivity contribution is 5.88. The van der Waals surface area contributed by atoms with Crippen LogP contribution in [0, 0.1) is 13.8 Å². The second-order valence-corrected chi connectivity index (χ2v) is 9.65. The van der Waals surface area contributed by atoms with Gasteiger partial charge in [-0.3, -0.25) is 0 Å². The van der Waals surface area contributed by atoms with Crippen LogP contribution in [0.1, 0.15) is 62.8 Å². The molecule has 0 spiro atoms. The number of anilines is 2. The van der Waals surface area contributed by atoms with Crippen LogP contribution in [0.25, 0.3) is 21.8 Å². The molecule has 194 valence electrons. The van der Waals surface area contributed by atoms with Crippen molar-refractivity contribution in [3.63, 3.8) is 0 Å². The lowest BCUT2D eigenvalue weighted by molar-refractivity contribution is -0.678. The number of rotatable bonds is 11. The number of aryl methyl sites for hydroxylation is 4. The van der Waals surface area contributed by atoms with Crippen molar-refractivity contribution in [2.24, 2.45) is 0 Å². The van der Waals surface area contributed by atoms with Gasteiger partial charge in [0.15, 0.2) is 11.4 Å². The number of unbranched alkanes of at least 4 members (excludes halogenated alkanes) is 7. The van der Waals surface area contributed by atoms with Gasteiger partial charge in [-0.15, -0.1) is 0 Å². The van der Waals surface area contributed by atoms with Gasteiger partial charge in [0.25, 0.3) is 0 Å². The predicted molar refractivity (Wildman–Crippen MR) is 144 cm³/mol. The molecule has 4 N–H and O–H groups in total. The molecule has 36 heavy (non-hydrogen) atoms. The lowest BCUT2D eigenvalue weighted by Crippen LogP contribution is -3.00. The van der Waals surface area contributed by atoms with Gasteiger partial charge < -0.3 is 45.4 Å². The minimum Gasteiger partial charge on any atom is -1.00 e. The number of benzene rings is 2. The molecule has 2 aromatic heterocycles. The zero-order chi connectivity index (χ0) is 23.9. The number of nitrogen functional groups attached to an aromatic ring is 2. The highest BCUT2D eigenvalue weighted by Crippen LogP contribution is 2.20. The van der Waals surface area contributed by atoms with Gasteiger partial charge in [0, 0.05) is 51.0 Å². The molecular weight excluding hydrogens is 576 g/mol. The monoisotopic (exact) mass is 614 g/mol. The number of nitrogens with zero attached hydrogens (tertiary/aromatic N) is 2. The summed E-state index contributed by atoms with van der Waals surface area (Å²) in [5.41, 5.74) is 19.2. The first kappa shape index (κ1) is 30.0. The van der Waals surface area contributed by atoms with Gasteiger partial charge in [0.1, 0.15) is 13.1 Å². The van der Waals surface area contributed by atoms with Crippen molar-refractivity contribution < 1.29 is 43.1 Å². The first-order chi connectivity index (χ1) is 16.6. The summed E-state index contributed by atoms with van der Waals surface area (Å²) in [6.45, 7) is 6.46. The van der Waals surface area contributed by atoms with E-state index in [2.05, 4.69) is 83.6 Å². The quantitative estimate of drug-likeness (QED) is 0.187. The van der Waals surface area contributed by atoms with Crippen molar-refractivity contribution in [2.45, 2.75) is 78.3 Å². The summed E-state index contributed by atoms with van der Waals surface area (Å²) in [6.07, 6.45) is 10.3. The average Bonchev–Trinajstić information content (AvgIpc) is 2.83. The number of pyridine rings is 2. The maximum absolute atomic E-state index is 6.22. The van der Waals surface area contributed by atoms with E-state index in [4.69, 9.17) is 11.5 Å². The maximum atomic E-state index is 6.22. The fourth-order valence-electron chi connectivity index (χ4n) is 5.24. The molecule has 0 unspecified atom stereocenters. The van der Waals surface area contributed by atoms with Gasteiger partial charge in [-0.05, 0) is 25.0 Å². The van der Waals surface area contributed by atoms with Crippen molar-refractivity contribution in [3.05, 3.63) is 72.1 Å². The second-order valence-electron chi connectivity index (χ2n) is 9.65. The molecule has 0 saturated heterocycles. The molecule has 0 bridgehead atoms. The minimum absolute atomic E-state index is 0. The Morgan fingerprint density at radius 1 is 0.528 bits per heavy atom. The first-order valence-electron chi connectivity index (χ1n) is 12.9. The van der Waals surface area contributed by atoms with E-state index in [9.17, 15) is 0 Å². The number of hydrogen-bond donors (Lipinski definition) is 2. The predicted octanol–water partition coefficient (Wildman–Crippen LogP) is 0.178. The third kappa shape index (κ3) is 7.19. The van der Waals surface area contributed by atoms with Gasteiger partial charge in [-0.1, -0.05) is 49.9 Å². The van der Waals surface area contributed by atoms with Crippen LogP contribution in [0.15, 0.2) is 60.7 Å². The molecule has 0 fully saturated rings. The van der Waals surface area contributed by atoms with Crippen molar-refractivity contribution in [1.82, 2.24) is 0 Å². The summed E-state index contributed by atoms with van der Waals surface area (Å²) in [5.74, 6) is 0. The molecule has 0 aliphatic rings. The highest BCUT2D eigenvalue weighted by atomic mass is 79.9. The molecule has 4 nitrogen and oxygen atoms in total. The van der Waals surface area contributed by atoms with Crippen LogP contribution in [-0.4, -0.2) is 0 Å². The lowest BCUT2D eigenvalue weighted by Gasteiger charge is -2.08. The summed E-state index contributed by atoms with van der Waals surface area (Å²) in [7, 11) is 0. The SMILES string of the molecule is Cc1cc(N)c2ccccc2[n+]1CCCCCCCCCC[n+]1c(C)cc(N)c2ccccc21.[Br-].[Br-]. The van der Waals surface area contributed by atoms with Gasteiger partial charge in [-0.25, -0.2) is 0 Å². The first-order valence-corrected chi connectivity index (χ1v) is 12.9. The maximum Gasteiger partial charge on any atom is 0.214 e. The van der Waals surface area contributed by atoms with E-state index in [1.807, 2.05) is 0 Å². The molecular formula is C30H40Br2N4. The van der Waals surface area contributed by atoms with Crippen LogP contribution in [0.3, 0.4) is 0 Å². The number of halogens is 2. The fourth-order valence-corrected chi connectivity index (χ4v) is 5.24. The number of fused-ring (bicyclic) bond motifs is 2. The topological polar surface area (TPSA) is 59.8 Å².